The maximum Gasteiger partial charge on any atom is 0.334 e. The van der Waals surface area contributed by atoms with Gasteiger partial charge in [0.1, 0.15) is 11.7 Å². The number of aliphatic hydroxyl groups is 1. The summed E-state index contributed by atoms with van der Waals surface area (Å²) in [5.41, 5.74) is -1.29. The molecule has 0 aromatic carbocycles. The summed E-state index contributed by atoms with van der Waals surface area (Å²) in [6, 6.07) is 0. The van der Waals surface area contributed by atoms with E-state index in [2.05, 4.69) is 6.58 Å². The number of hydrogen-bond donors (Lipinski definition) is 1. The molecule has 5 heteroatoms. The van der Waals surface area contributed by atoms with Crippen LogP contribution in [0.2, 0.25) is 0 Å². The summed E-state index contributed by atoms with van der Waals surface area (Å²) in [4.78, 5) is 23.3. The molecule has 0 amide bonds. The summed E-state index contributed by atoms with van der Waals surface area (Å²) in [5, 5.41) is 10.9. The van der Waals surface area contributed by atoms with E-state index in [1.165, 1.54) is 6.92 Å². The van der Waals surface area contributed by atoms with E-state index in [1.54, 1.807) is 6.92 Å². The Bertz CT molecular complexity index is 543. The summed E-state index contributed by atoms with van der Waals surface area (Å²) in [6.45, 7) is 6.91. The van der Waals surface area contributed by atoms with Gasteiger partial charge < -0.3 is 14.6 Å². The van der Waals surface area contributed by atoms with Gasteiger partial charge in [-0.25, -0.2) is 4.79 Å². The summed E-state index contributed by atoms with van der Waals surface area (Å²) in [6.07, 6.45) is 5.50. The molecule has 1 saturated carbocycles. The molecule has 3 aliphatic rings. The summed E-state index contributed by atoms with van der Waals surface area (Å²) >= 11 is 0. The van der Waals surface area contributed by atoms with Crippen molar-refractivity contribution >= 4 is 11.9 Å². The lowest BCUT2D eigenvalue weighted by Crippen LogP contribution is -2.44. The molecular formula is C17H22O5. The van der Waals surface area contributed by atoms with Crippen LogP contribution in [0, 0.1) is 11.8 Å². The van der Waals surface area contributed by atoms with Gasteiger partial charge in [-0.3, -0.25) is 4.79 Å². The molecular weight excluding hydrogens is 284 g/mol. The quantitative estimate of drug-likeness (QED) is 0.455. The van der Waals surface area contributed by atoms with Crippen molar-refractivity contribution in [1.29, 1.82) is 0 Å². The SMILES string of the molecule is C=C1CC2(CC(OC(C)=O)CC(C)(O)C3CC=CC32)OC1=O. The first-order chi connectivity index (χ1) is 10.2. The molecule has 2 fully saturated rings. The zero-order valence-corrected chi connectivity index (χ0v) is 13.0. The van der Waals surface area contributed by atoms with Gasteiger partial charge in [-0.05, 0) is 13.3 Å². The average Bonchev–Trinajstić information content (AvgIpc) is 2.93. The Hall–Kier alpha value is -1.62. The predicted molar refractivity (Wildman–Crippen MR) is 78.7 cm³/mol. The van der Waals surface area contributed by atoms with E-state index in [9.17, 15) is 14.7 Å². The third-order valence-corrected chi connectivity index (χ3v) is 5.22. The van der Waals surface area contributed by atoms with Crippen molar-refractivity contribution in [3.05, 3.63) is 24.3 Å². The largest absolute Gasteiger partial charge is 0.462 e. The van der Waals surface area contributed by atoms with Gasteiger partial charge in [0.05, 0.1) is 5.60 Å². The second-order valence-electron chi connectivity index (χ2n) is 7.03. The molecule has 0 radical (unpaired) electrons. The molecule has 0 bridgehead atoms. The standard InChI is InChI=1S/C17H22O5/c1-10-7-17(22-15(10)19)9-12(21-11(2)18)8-16(3,20)13-5-4-6-14(13)17/h4,6,12-14,20H,1,5,7-9H2,2-3H3. The topological polar surface area (TPSA) is 72.8 Å². The van der Waals surface area contributed by atoms with Crippen molar-refractivity contribution in [2.75, 3.05) is 0 Å². The van der Waals surface area contributed by atoms with E-state index < -0.39 is 17.3 Å². The fourth-order valence-corrected chi connectivity index (χ4v) is 4.39. The molecule has 0 aromatic rings. The van der Waals surface area contributed by atoms with Gasteiger partial charge in [0.15, 0.2) is 0 Å². The summed E-state index contributed by atoms with van der Waals surface area (Å²) in [5.74, 6) is -0.901. The molecule has 1 spiro atoms. The number of carbonyl (C=O) groups is 2. The zero-order chi connectivity index (χ0) is 16.1. The normalized spacial score (nSPS) is 43.9. The summed E-state index contributed by atoms with van der Waals surface area (Å²) < 4.78 is 11.1. The molecule has 5 nitrogen and oxygen atoms in total. The minimum atomic E-state index is -0.978. The van der Waals surface area contributed by atoms with Crippen molar-refractivity contribution in [3.63, 3.8) is 0 Å². The van der Waals surface area contributed by atoms with E-state index in [0.29, 0.717) is 24.8 Å². The van der Waals surface area contributed by atoms with Gasteiger partial charge in [-0.1, -0.05) is 18.7 Å². The van der Waals surface area contributed by atoms with Crippen LogP contribution in [0.15, 0.2) is 24.3 Å². The first-order valence-corrected chi connectivity index (χ1v) is 7.71. The number of fused-ring (bicyclic) bond motifs is 2. The molecule has 5 unspecified atom stereocenters. The van der Waals surface area contributed by atoms with Gasteiger partial charge in [0.25, 0.3) is 0 Å². The van der Waals surface area contributed by atoms with Crippen LogP contribution >= 0.6 is 0 Å². The Morgan fingerprint density at radius 2 is 2.23 bits per heavy atom. The molecule has 1 saturated heterocycles. The number of hydrogen-bond acceptors (Lipinski definition) is 5. The fraction of sp³-hybridized carbons (Fsp3) is 0.647. The smallest absolute Gasteiger partial charge is 0.334 e. The van der Waals surface area contributed by atoms with Gasteiger partial charge >= 0.3 is 11.9 Å². The second-order valence-corrected chi connectivity index (χ2v) is 7.03. The van der Waals surface area contributed by atoms with Crippen LogP contribution in [0.3, 0.4) is 0 Å². The van der Waals surface area contributed by atoms with Crippen molar-refractivity contribution in [2.24, 2.45) is 11.8 Å². The van der Waals surface area contributed by atoms with Crippen LogP contribution in [0.1, 0.15) is 39.5 Å². The lowest BCUT2D eigenvalue weighted by molar-refractivity contribution is -0.158. The van der Waals surface area contributed by atoms with Crippen molar-refractivity contribution in [3.8, 4) is 0 Å². The van der Waals surface area contributed by atoms with E-state index in [-0.39, 0.29) is 23.8 Å². The minimum Gasteiger partial charge on any atom is -0.462 e. The molecule has 120 valence electrons. The van der Waals surface area contributed by atoms with Crippen LogP contribution in [0.5, 0.6) is 0 Å². The van der Waals surface area contributed by atoms with E-state index in [0.717, 1.165) is 6.42 Å². The Morgan fingerprint density at radius 3 is 2.82 bits per heavy atom. The number of allylic oxidation sites excluding steroid dienone is 1. The maximum absolute atomic E-state index is 11.9. The number of esters is 2. The van der Waals surface area contributed by atoms with E-state index >= 15 is 0 Å². The molecule has 3 rings (SSSR count). The molecule has 0 aromatic heterocycles. The third-order valence-electron chi connectivity index (χ3n) is 5.22. The number of rotatable bonds is 1. The van der Waals surface area contributed by atoms with Gasteiger partial charge in [0.2, 0.25) is 0 Å². The zero-order valence-electron chi connectivity index (χ0n) is 13.0. The Balaban J connectivity index is 2.00. The highest BCUT2D eigenvalue weighted by atomic mass is 16.6. The highest BCUT2D eigenvalue weighted by molar-refractivity contribution is 5.90. The first kappa shape index (κ1) is 15.3. The van der Waals surface area contributed by atoms with E-state index in [4.69, 9.17) is 9.47 Å². The Morgan fingerprint density at radius 1 is 1.50 bits per heavy atom. The second kappa shape index (κ2) is 4.95. The minimum absolute atomic E-state index is 0.0493. The van der Waals surface area contributed by atoms with Crippen molar-refractivity contribution in [1.82, 2.24) is 0 Å². The fourth-order valence-electron chi connectivity index (χ4n) is 4.39. The van der Waals surface area contributed by atoms with E-state index in [1.807, 2.05) is 12.2 Å². The first-order valence-electron chi connectivity index (χ1n) is 7.71. The Kier molecular flexibility index (Phi) is 3.44. The molecule has 1 N–H and O–H groups in total. The molecule has 22 heavy (non-hydrogen) atoms. The van der Waals surface area contributed by atoms with Crippen molar-refractivity contribution < 1.29 is 24.2 Å². The van der Waals surface area contributed by atoms with Crippen LogP contribution in [0.25, 0.3) is 0 Å². The average molecular weight is 306 g/mol. The van der Waals surface area contributed by atoms with Crippen LogP contribution in [0.4, 0.5) is 0 Å². The monoisotopic (exact) mass is 306 g/mol. The van der Waals surface area contributed by atoms with Gasteiger partial charge in [0, 0.05) is 43.6 Å². The molecule has 1 aliphatic heterocycles. The molecule has 5 atom stereocenters. The maximum atomic E-state index is 11.9. The third kappa shape index (κ3) is 2.37. The lowest BCUT2D eigenvalue weighted by atomic mass is 9.73. The Labute approximate surface area is 130 Å². The van der Waals surface area contributed by atoms with Gasteiger partial charge in [-0.2, -0.15) is 0 Å². The van der Waals surface area contributed by atoms with Crippen LogP contribution < -0.4 is 0 Å². The molecule has 2 aliphatic carbocycles. The predicted octanol–water partition coefficient (Wildman–Crippen LogP) is 1.90. The summed E-state index contributed by atoms with van der Waals surface area (Å²) in [7, 11) is 0. The number of ether oxygens (including phenoxy) is 2. The number of carbonyl (C=O) groups excluding carboxylic acids is 2. The van der Waals surface area contributed by atoms with Crippen LogP contribution in [-0.4, -0.2) is 34.4 Å². The lowest BCUT2D eigenvalue weighted by Gasteiger charge is -2.38. The highest BCUT2D eigenvalue weighted by Gasteiger charge is 2.58. The van der Waals surface area contributed by atoms with Gasteiger partial charge in [-0.15, -0.1) is 0 Å². The molecule has 1 heterocycles. The highest BCUT2D eigenvalue weighted by Crippen LogP contribution is 2.53. The van der Waals surface area contributed by atoms with Crippen LogP contribution in [-0.2, 0) is 19.1 Å². The van der Waals surface area contributed by atoms with Crippen molar-refractivity contribution in [2.45, 2.75) is 56.8 Å².